The molecule has 0 bridgehead atoms. The smallest absolute Gasteiger partial charge is 0.240 e. The summed E-state index contributed by atoms with van der Waals surface area (Å²) in [6, 6.07) is 4.85. The first-order valence-electron chi connectivity index (χ1n) is 7.12. The van der Waals surface area contributed by atoms with Crippen LogP contribution in [0.3, 0.4) is 0 Å². The van der Waals surface area contributed by atoms with Crippen molar-refractivity contribution < 1.29 is 9.90 Å². The van der Waals surface area contributed by atoms with E-state index in [0.29, 0.717) is 28.5 Å². The number of hydrogen-bond acceptors (Lipinski definition) is 3. The lowest BCUT2D eigenvalue weighted by Crippen LogP contribution is -2.55. The summed E-state index contributed by atoms with van der Waals surface area (Å²) in [5, 5.41) is 13.8. The van der Waals surface area contributed by atoms with Crippen LogP contribution in [0.5, 0.6) is 0 Å². The van der Waals surface area contributed by atoms with Crippen LogP contribution < -0.4 is 11.1 Å². The summed E-state index contributed by atoms with van der Waals surface area (Å²) in [4.78, 5) is 12.2. The largest absolute Gasteiger partial charge is 0.387 e. The first-order chi connectivity index (χ1) is 9.90. The molecule has 1 fully saturated rings. The van der Waals surface area contributed by atoms with E-state index in [9.17, 15) is 9.90 Å². The van der Waals surface area contributed by atoms with E-state index in [1.165, 1.54) is 0 Å². The summed E-state index contributed by atoms with van der Waals surface area (Å²) in [6.07, 6.45) is 3.58. The molecule has 0 heterocycles. The fourth-order valence-corrected chi connectivity index (χ4v) is 3.20. The number of aliphatic hydroxyl groups excluding tert-OH is 1. The van der Waals surface area contributed by atoms with Crippen LogP contribution in [0.1, 0.15) is 43.8 Å². The number of aliphatic hydroxyl groups is 1. The quantitative estimate of drug-likeness (QED) is 0.794. The Hall–Kier alpha value is -0.810. The van der Waals surface area contributed by atoms with Crippen molar-refractivity contribution in [3.8, 4) is 0 Å². The summed E-state index contributed by atoms with van der Waals surface area (Å²) in [6.45, 7) is 0.0917. The molecule has 1 unspecified atom stereocenters. The van der Waals surface area contributed by atoms with Crippen molar-refractivity contribution in [3.63, 3.8) is 0 Å². The van der Waals surface area contributed by atoms with Crippen molar-refractivity contribution >= 4 is 29.1 Å². The van der Waals surface area contributed by atoms with Crippen LogP contribution in [-0.4, -0.2) is 23.1 Å². The van der Waals surface area contributed by atoms with Crippen LogP contribution in [0, 0.1) is 0 Å². The van der Waals surface area contributed by atoms with Gasteiger partial charge in [-0.15, -0.1) is 0 Å². The number of benzene rings is 1. The van der Waals surface area contributed by atoms with Crippen molar-refractivity contribution in [2.75, 3.05) is 6.54 Å². The Bertz CT molecular complexity index is 496. The third-order valence-electron chi connectivity index (χ3n) is 3.92. The van der Waals surface area contributed by atoms with Crippen LogP contribution >= 0.6 is 23.2 Å². The van der Waals surface area contributed by atoms with Crippen molar-refractivity contribution in [1.82, 2.24) is 5.32 Å². The average Bonchev–Trinajstić information content (AvgIpc) is 2.44. The summed E-state index contributed by atoms with van der Waals surface area (Å²) in [5.41, 5.74) is 5.91. The second-order valence-electron chi connectivity index (χ2n) is 5.65. The van der Waals surface area contributed by atoms with E-state index < -0.39 is 11.6 Å². The molecule has 1 aliphatic rings. The van der Waals surface area contributed by atoms with Gasteiger partial charge in [-0.25, -0.2) is 0 Å². The zero-order chi connectivity index (χ0) is 15.5. The van der Waals surface area contributed by atoms with Gasteiger partial charge in [0, 0.05) is 16.6 Å². The molecule has 1 aromatic rings. The molecule has 1 aromatic carbocycles. The zero-order valence-corrected chi connectivity index (χ0v) is 13.3. The average molecular weight is 331 g/mol. The molecule has 0 spiro atoms. The van der Waals surface area contributed by atoms with Gasteiger partial charge in [-0.1, -0.05) is 42.5 Å². The molecule has 116 valence electrons. The highest BCUT2D eigenvalue weighted by molar-refractivity contribution is 6.34. The normalized spacial score (nSPS) is 19.0. The fourth-order valence-electron chi connectivity index (χ4n) is 2.66. The van der Waals surface area contributed by atoms with E-state index in [2.05, 4.69) is 5.32 Å². The number of rotatable bonds is 4. The van der Waals surface area contributed by atoms with Gasteiger partial charge in [-0.05, 0) is 36.6 Å². The van der Waals surface area contributed by atoms with Gasteiger partial charge >= 0.3 is 0 Å². The maximum Gasteiger partial charge on any atom is 0.240 e. The van der Waals surface area contributed by atoms with E-state index in [1.54, 1.807) is 18.2 Å². The Kier molecular flexibility index (Phi) is 5.49. The van der Waals surface area contributed by atoms with Gasteiger partial charge in [0.1, 0.15) is 0 Å². The van der Waals surface area contributed by atoms with E-state index in [4.69, 9.17) is 28.9 Å². The lowest BCUT2D eigenvalue weighted by atomic mass is 9.82. The van der Waals surface area contributed by atoms with Crippen LogP contribution in [0.15, 0.2) is 18.2 Å². The zero-order valence-electron chi connectivity index (χ0n) is 11.7. The van der Waals surface area contributed by atoms with Crippen molar-refractivity contribution in [2.24, 2.45) is 5.73 Å². The summed E-state index contributed by atoms with van der Waals surface area (Å²) >= 11 is 11.8. The van der Waals surface area contributed by atoms with Crippen LogP contribution in [0.4, 0.5) is 0 Å². The molecule has 0 aliphatic heterocycles. The number of carbonyl (C=O) groups excluding carboxylic acids is 1. The van der Waals surface area contributed by atoms with Crippen LogP contribution in [0.25, 0.3) is 0 Å². The Morgan fingerprint density at radius 3 is 2.38 bits per heavy atom. The Balaban J connectivity index is 1.94. The summed E-state index contributed by atoms with van der Waals surface area (Å²) in [7, 11) is 0. The van der Waals surface area contributed by atoms with Gasteiger partial charge < -0.3 is 16.2 Å². The highest BCUT2D eigenvalue weighted by atomic mass is 35.5. The fraction of sp³-hybridized carbons (Fsp3) is 0.533. The van der Waals surface area contributed by atoms with Crippen molar-refractivity contribution in [1.29, 1.82) is 0 Å². The molecular formula is C15H20Cl2N2O2. The second-order valence-corrected chi connectivity index (χ2v) is 6.52. The predicted octanol–water partition coefficient (Wildman–Crippen LogP) is 2.80. The molecule has 0 radical (unpaired) electrons. The summed E-state index contributed by atoms with van der Waals surface area (Å²) in [5.74, 6) is -0.200. The number of nitrogens with one attached hydrogen (secondary N) is 1. The number of hydrogen-bond donors (Lipinski definition) is 3. The molecule has 21 heavy (non-hydrogen) atoms. The summed E-state index contributed by atoms with van der Waals surface area (Å²) < 4.78 is 0. The molecule has 1 saturated carbocycles. The number of carbonyl (C=O) groups is 1. The van der Waals surface area contributed by atoms with E-state index >= 15 is 0 Å². The number of halogens is 2. The standard InChI is InChI=1S/C15H20Cl2N2O2/c16-11-6-10(7-12(17)8-11)13(20)9-19-14(21)15(18)4-2-1-3-5-15/h6-8,13,20H,1-5,9,18H2,(H,19,21). The minimum atomic E-state index is -0.864. The van der Waals surface area contributed by atoms with Gasteiger partial charge in [0.25, 0.3) is 0 Å². The maximum absolute atomic E-state index is 12.2. The minimum Gasteiger partial charge on any atom is -0.387 e. The van der Waals surface area contributed by atoms with Gasteiger partial charge in [0.05, 0.1) is 11.6 Å². The molecule has 4 N–H and O–H groups in total. The van der Waals surface area contributed by atoms with Crippen LogP contribution in [0.2, 0.25) is 10.0 Å². The highest BCUT2D eigenvalue weighted by Crippen LogP contribution is 2.27. The van der Waals surface area contributed by atoms with E-state index in [-0.39, 0.29) is 12.5 Å². The molecule has 0 saturated heterocycles. The topological polar surface area (TPSA) is 75.4 Å². The van der Waals surface area contributed by atoms with Gasteiger partial charge in [-0.3, -0.25) is 4.79 Å². The van der Waals surface area contributed by atoms with Crippen molar-refractivity contribution in [3.05, 3.63) is 33.8 Å². The van der Waals surface area contributed by atoms with Crippen molar-refractivity contribution in [2.45, 2.75) is 43.7 Å². The molecule has 4 nitrogen and oxygen atoms in total. The third kappa shape index (κ3) is 4.33. The molecule has 1 amide bonds. The highest BCUT2D eigenvalue weighted by Gasteiger charge is 2.35. The molecular weight excluding hydrogens is 311 g/mol. The molecule has 1 atom stereocenters. The van der Waals surface area contributed by atoms with Gasteiger partial charge in [0.2, 0.25) is 5.91 Å². The minimum absolute atomic E-state index is 0.0917. The van der Waals surface area contributed by atoms with E-state index in [0.717, 1.165) is 19.3 Å². The number of nitrogens with two attached hydrogens (primary N) is 1. The second kappa shape index (κ2) is 6.97. The molecule has 2 rings (SSSR count). The first-order valence-corrected chi connectivity index (χ1v) is 7.87. The predicted molar refractivity (Wildman–Crippen MR) is 84.4 cm³/mol. The number of amides is 1. The Morgan fingerprint density at radius 2 is 1.81 bits per heavy atom. The molecule has 0 aromatic heterocycles. The van der Waals surface area contributed by atoms with Crippen LogP contribution in [-0.2, 0) is 4.79 Å². The maximum atomic E-state index is 12.2. The van der Waals surface area contributed by atoms with E-state index in [1.807, 2.05) is 0 Å². The Labute approximate surface area is 134 Å². The first kappa shape index (κ1) is 16.6. The lowest BCUT2D eigenvalue weighted by molar-refractivity contribution is -0.128. The Morgan fingerprint density at radius 1 is 1.24 bits per heavy atom. The molecule has 6 heteroatoms. The third-order valence-corrected chi connectivity index (χ3v) is 4.36. The lowest BCUT2D eigenvalue weighted by Gasteiger charge is -2.32. The van der Waals surface area contributed by atoms with Gasteiger partial charge in [0.15, 0.2) is 0 Å². The molecule has 1 aliphatic carbocycles. The SMILES string of the molecule is NC1(C(=O)NCC(O)c2cc(Cl)cc(Cl)c2)CCCCC1. The monoisotopic (exact) mass is 330 g/mol. The van der Waals surface area contributed by atoms with Gasteiger partial charge in [-0.2, -0.15) is 0 Å².